The number of benzene rings is 2. The Hall–Kier alpha value is -2.34. The van der Waals surface area contributed by atoms with E-state index in [9.17, 15) is 18.9 Å². The molecule has 0 fully saturated rings. The Morgan fingerprint density at radius 1 is 1.14 bits per heavy atom. The monoisotopic (exact) mass is 292 g/mol. The summed E-state index contributed by atoms with van der Waals surface area (Å²) in [4.78, 5) is 10.4. The zero-order valence-corrected chi connectivity index (χ0v) is 11.4. The van der Waals surface area contributed by atoms with Crippen molar-refractivity contribution in [2.45, 2.75) is 20.0 Å². The third kappa shape index (κ3) is 3.61. The van der Waals surface area contributed by atoms with Crippen LogP contribution in [0.2, 0.25) is 0 Å². The van der Waals surface area contributed by atoms with Gasteiger partial charge in [0.15, 0.2) is 0 Å². The van der Waals surface area contributed by atoms with Gasteiger partial charge in [-0.15, -0.1) is 0 Å². The van der Waals surface area contributed by atoms with E-state index in [0.29, 0.717) is 17.7 Å². The molecule has 2 aromatic rings. The molecule has 4 nitrogen and oxygen atoms in total. The number of hydrogen-bond donors (Lipinski definition) is 1. The molecule has 0 bridgehead atoms. The van der Waals surface area contributed by atoms with Crippen LogP contribution in [0.1, 0.15) is 16.7 Å². The van der Waals surface area contributed by atoms with E-state index in [2.05, 4.69) is 5.32 Å². The van der Waals surface area contributed by atoms with Gasteiger partial charge in [-0.2, -0.15) is 0 Å². The second-order valence-corrected chi connectivity index (χ2v) is 4.66. The number of halogens is 2. The van der Waals surface area contributed by atoms with Gasteiger partial charge in [-0.3, -0.25) is 10.1 Å². The van der Waals surface area contributed by atoms with Crippen LogP contribution < -0.4 is 5.32 Å². The lowest BCUT2D eigenvalue weighted by atomic mass is 10.1. The van der Waals surface area contributed by atoms with Gasteiger partial charge in [0.25, 0.3) is 5.69 Å². The van der Waals surface area contributed by atoms with Gasteiger partial charge in [-0.25, -0.2) is 8.78 Å². The molecule has 0 saturated heterocycles. The van der Waals surface area contributed by atoms with Crippen LogP contribution in [0.4, 0.5) is 14.5 Å². The first kappa shape index (κ1) is 15.1. The smallest absolute Gasteiger partial charge is 0.272 e. The number of hydrogen-bond acceptors (Lipinski definition) is 3. The molecule has 0 spiro atoms. The Labute approximate surface area is 120 Å². The Balaban J connectivity index is 2.04. The highest BCUT2D eigenvalue weighted by Gasteiger charge is 2.12. The van der Waals surface area contributed by atoms with Crippen molar-refractivity contribution in [2.75, 3.05) is 0 Å². The molecular formula is C15H14F2N2O2. The summed E-state index contributed by atoms with van der Waals surface area (Å²) in [7, 11) is 0. The highest BCUT2D eigenvalue weighted by Crippen LogP contribution is 2.21. The SMILES string of the molecule is Cc1c(CNCc2ccc(F)cc2F)cccc1[N+](=O)[O-]. The fourth-order valence-electron chi connectivity index (χ4n) is 2.06. The number of rotatable bonds is 5. The van der Waals surface area contributed by atoms with Crippen molar-refractivity contribution in [3.05, 3.63) is 74.8 Å². The molecule has 0 atom stereocenters. The molecule has 6 heteroatoms. The molecule has 2 rings (SSSR count). The molecule has 0 radical (unpaired) electrons. The van der Waals surface area contributed by atoms with Crippen LogP contribution in [0.3, 0.4) is 0 Å². The number of nitro benzene ring substituents is 1. The van der Waals surface area contributed by atoms with Crippen molar-refractivity contribution in [3.8, 4) is 0 Å². The van der Waals surface area contributed by atoms with Crippen molar-refractivity contribution in [2.24, 2.45) is 0 Å². The van der Waals surface area contributed by atoms with Crippen molar-refractivity contribution in [1.29, 1.82) is 0 Å². The third-order valence-corrected chi connectivity index (χ3v) is 3.26. The fraction of sp³-hybridized carbons (Fsp3) is 0.200. The number of nitrogens with zero attached hydrogens (tertiary/aromatic N) is 1. The molecule has 2 aromatic carbocycles. The largest absolute Gasteiger partial charge is 0.308 e. The van der Waals surface area contributed by atoms with E-state index >= 15 is 0 Å². The average molecular weight is 292 g/mol. The molecule has 0 aliphatic rings. The minimum absolute atomic E-state index is 0.0577. The summed E-state index contributed by atoms with van der Waals surface area (Å²) in [6, 6.07) is 8.22. The topological polar surface area (TPSA) is 55.2 Å². The molecule has 0 heterocycles. The molecule has 21 heavy (non-hydrogen) atoms. The van der Waals surface area contributed by atoms with E-state index in [-0.39, 0.29) is 12.2 Å². The van der Waals surface area contributed by atoms with Crippen LogP contribution in [-0.4, -0.2) is 4.92 Å². The maximum absolute atomic E-state index is 13.5. The maximum Gasteiger partial charge on any atom is 0.272 e. The summed E-state index contributed by atoms with van der Waals surface area (Å²) in [5.41, 5.74) is 1.75. The predicted octanol–water partition coefficient (Wildman–Crippen LogP) is 3.47. The summed E-state index contributed by atoms with van der Waals surface area (Å²) in [6.07, 6.45) is 0. The fourth-order valence-corrected chi connectivity index (χ4v) is 2.06. The van der Waals surface area contributed by atoms with E-state index in [1.165, 1.54) is 18.2 Å². The van der Waals surface area contributed by atoms with Crippen molar-refractivity contribution in [3.63, 3.8) is 0 Å². The highest BCUT2D eigenvalue weighted by atomic mass is 19.1. The molecule has 0 unspecified atom stereocenters. The lowest BCUT2D eigenvalue weighted by Crippen LogP contribution is -2.15. The Morgan fingerprint density at radius 3 is 2.52 bits per heavy atom. The van der Waals surface area contributed by atoms with E-state index in [1.54, 1.807) is 19.1 Å². The average Bonchev–Trinajstić information content (AvgIpc) is 2.42. The van der Waals surface area contributed by atoms with E-state index in [4.69, 9.17) is 0 Å². The zero-order chi connectivity index (χ0) is 15.4. The molecule has 1 N–H and O–H groups in total. The van der Waals surface area contributed by atoms with Gasteiger partial charge >= 0.3 is 0 Å². The van der Waals surface area contributed by atoms with Crippen LogP contribution in [0.25, 0.3) is 0 Å². The summed E-state index contributed by atoms with van der Waals surface area (Å²) < 4.78 is 26.2. The molecule has 0 aliphatic carbocycles. The minimum atomic E-state index is -0.620. The zero-order valence-electron chi connectivity index (χ0n) is 11.4. The second-order valence-electron chi connectivity index (χ2n) is 4.66. The van der Waals surface area contributed by atoms with Gasteiger partial charge in [-0.1, -0.05) is 18.2 Å². The Kier molecular flexibility index (Phi) is 4.59. The molecule has 0 saturated carbocycles. The molecule has 0 aliphatic heterocycles. The molecular weight excluding hydrogens is 278 g/mol. The maximum atomic E-state index is 13.5. The first-order chi connectivity index (χ1) is 9.99. The third-order valence-electron chi connectivity index (χ3n) is 3.26. The van der Waals surface area contributed by atoms with Crippen LogP contribution >= 0.6 is 0 Å². The van der Waals surface area contributed by atoms with Crippen LogP contribution in [0.5, 0.6) is 0 Å². The minimum Gasteiger partial charge on any atom is -0.308 e. The van der Waals surface area contributed by atoms with Crippen molar-refractivity contribution in [1.82, 2.24) is 5.32 Å². The van der Waals surface area contributed by atoms with E-state index in [0.717, 1.165) is 11.6 Å². The number of nitro groups is 1. The van der Waals surface area contributed by atoms with E-state index in [1.807, 2.05) is 0 Å². The summed E-state index contributed by atoms with van der Waals surface area (Å²) in [5.74, 6) is -1.23. The summed E-state index contributed by atoms with van der Waals surface area (Å²) in [5, 5.41) is 13.8. The van der Waals surface area contributed by atoms with Gasteiger partial charge in [0, 0.05) is 36.3 Å². The quantitative estimate of drug-likeness (QED) is 0.678. The standard InChI is InChI=1S/C15H14F2N2O2/c1-10-11(3-2-4-15(10)19(20)21)8-18-9-12-5-6-13(16)7-14(12)17/h2-7,18H,8-9H2,1H3. The van der Waals surface area contributed by atoms with Crippen molar-refractivity contribution >= 4 is 5.69 Å². The van der Waals surface area contributed by atoms with Crippen molar-refractivity contribution < 1.29 is 13.7 Å². The Morgan fingerprint density at radius 2 is 1.86 bits per heavy atom. The summed E-state index contributed by atoms with van der Waals surface area (Å²) in [6.45, 7) is 2.26. The van der Waals surface area contributed by atoms with Crippen LogP contribution in [-0.2, 0) is 13.1 Å². The molecule has 110 valence electrons. The first-order valence-corrected chi connectivity index (χ1v) is 6.36. The van der Waals surface area contributed by atoms with Gasteiger partial charge in [0.05, 0.1) is 4.92 Å². The first-order valence-electron chi connectivity index (χ1n) is 6.36. The van der Waals surface area contributed by atoms with Gasteiger partial charge in [0.2, 0.25) is 0 Å². The summed E-state index contributed by atoms with van der Waals surface area (Å²) >= 11 is 0. The Bertz CT molecular complexity index is 675. The predicted molar refractivity (Wildman–Crippen MR) is 74.7 cm³/mol. The highest BCUT2D eigenvalue weighted by molar-refractivity contribution is 5.44. The number of nitrogens with one attached hydrogen (secondary N) is 1. The molecule has 0 aromatic heterocycles. The van der Waals surface area contributed by atoms with Gasteiger partial charge in [0.1, 0.15) is 11.6 Å². The van der Waals surface area contributed by atoms with Crippen LogP contribution in [0, 0.1) is 28.7 Å². The van der Waals surface area contributed by atoms with Gasteiger partial charge < -0.3 is 5.32 Å². The molecule has 0 amide bonds. The lowest BCUT2D eigenvalue weighted by molar-refractivity contribution is -0.385. The van der Waals surface area contributed by atoms with E-state index < -0.39 is 16.6 Å². The lowest BCUT2D eigenvalue weighted by Gasteiger charge is -2.09. The van der Waals surface area contributed by atoms with Gasteiger partial charge in [-0.05, 0) is 18.6 Å². The normalized spacial score (nSPS) is 10.6. The second kappa shape index (κ2) is 6.41. The van der Waals surface area contributed by atoms with Crippen LogP contribution in [0.15, 0.2) is 36.4 Å².